The van der Waals surface area contributed by atoms with Gasteiger partial charge in [-0.3, -0.25) is 0 Å². The molecule has 4 nitrogen and oxygen atoms in total. The number of aryl methyl sites for hydroxylation is 1. The summed E-state index contributed by atoms with van der Waals surface area (Å²) in [5.41, 5.74) is 3.63. The Kier molecular flexibility index (Phi) is 4.38. The zero-order valence-corrected chi connectivity index (χ0v) is 14.5. The molecule has 0 radical (unpaired) electrons. The molecule has 1 N–H and O–H groups in total. The zero-order chi connectivity index (χ0) is 15.9. The van der Waals surface area contributed by atoms with E-state index in [0.717, 1.165) is 40.8 Å². The fraction of sp³-hybridized carbons (Fsp3) is 0.562. The van der Waals surface area contributed by atoms with Crippen LogP contribution in [0.4, 0.5) is 0 Å². The van der Waals surface area contributed by atoms with Crippen molar-refractivity contribution in [3.63, 3.8) is 0 Å². The van der Waals surface area contributed by atoms with Gasteiger partial charge in [-0.2, -0.15) is 0 Å². The van der Waals surface area contributed by atoms with Crippen LogP contribution in [-0.2, 0) is 21.8 Å². The first-order valence-corrected chi connectivity index (χ1v) is 8.54. The zero-order valence-electron chi connectivity index (χ0n) is 12.8. The number of hydrogen-bond acceptors (Lipinski definition) is 5. The fourth-order valence-corrected chi connectivity index (χ4v) is 4.80. The Hall–Kier alpha value is -0.820. The van der Waals surface area contributed by atoms with E-state index < -0.39 is 5.97 Å². The Balaban J connectivity index is 2.12. The lowest BCUT2D eigenvalue weighted by atomic mass is 9.76. The molecule has 0 saturated heterocycles. The van der Waals surface area contributed by atoms with E-state index in [4.69, 9.17) is 8.92 Å². The molecule has 3 rings (SSSR count). The third-order valence-corrected chi connectivity index (χ3v) is 5.93. The Bertz CT molecular complexity index is 643. The second-order valence-electron chi connectivity index (χ2n) is 6.70. The van der Waals surface area contributed by atoms with E-state index in [1.165, 1.54) is 4.88 Å². The van der Waals surface area contributed by atoms with Crippen LogP contribution in [0.3, 0.4) is 0 Å². The van der Waals surface area contributed by atoms with Gasteiger partial charge in [0.05, 0.1) is 25.4 Å². The van der Waals surface area contributed by atoms with E-state index in [0.29, 0.717) is 25.4 Å². The van der Waals surface area contributed by atoms with Crippen molar-refractivity contribution in [1.82, 2.24) is 0 Å². The highest BCUT2D eigenvalue weighted by molar-refractivity contribution is 7.75. The van der Waals surface area contributed by atoms with E-state index in [-0.39, 0.29) is 5.41 Å². The van der Waals surface area contributed by atoms with Crippen LogP contribution in [0, 0.1) is 5.41 Å². The van der Waals surface area contributed by atoms with E-state index in [1.807, 2.05) is 0 Å². The smallest absolute Gasteiger partial charge is 0.337 e. The molecule has 2 aliphatic rings. The number of thiol groups is 1. The van der Waals surface area contributed by atoms with Crippen LogP contribution in [0.5, 0.6) is 0 Å². The van der Waals surface area contributed by atoms with Gasteiger partial charge in [-0.15, -0.1) is 11.3 Å². The molecule has 0 saturated carbocycles. The summed E-state index contributed by atoms with van der Waals surface area (Å²) in [5, 5.41) is 9.75. The van der Waals surface area contributed by atoms with Gasteiger partial charge in [0, 0.05) is 9.75 Å². The Morgan fingerprint density at radius 1 is 1.45 bits per heavy atom. The molecule has 0 spiro atoms. The third-order valence-electron chi connectivity index (χ3n) is 4.45. The van der Waals surface area contributed by atoms with Crippen LogP contribution in [0.2, 0.25) is 0 Å². The topological polar surface area (TPSA) is 55.8 Å². The number of hydrogen-bond donors (Lipinski definition) is 2. The molecular formula is C16H20O4S2. The van der Waals surface area contributed by atoms with Gasteiger partial charge < -0.3 is 14.0 Å². The van der Waals surface area contributed by atoms with Crippen molar-refractivity contribution in [1.29, 1.82) is 0 Å². The monoisotopic (exact) mass is 340 g/mol. The molecule has 0 unspecified atom stereocenters. The lowest BCUT2D eigenvalue weighted by Gasteiger charge is -2.29. The molecule has 0 amide bonds. The number of thiophene rings is 1. The van der Waals surface area contributed by atoms with Crippen LogP contribution < -0.4 is 0 Å². The van der Waals surface area contributed by atoms with Gasteiger partial charge in [0.2, 0.25) is 0 Å². The van der Waals surface area contributed by atoms with Crippen molar-refractivity contribution < 1.29 is 18.8 Å². The van der Waals surface area contributed by atoms with Crippen molar-refractivity contribution in [3.05, 3.63) is 26.5 Å². The predicted octanol–water partition coefficient (Wildman–Crippen LogP) is 3.61. The first kappa shape index (κ1) is 16.1. The van der Waals surface area contributed by atoms with Gasteiger partial charge in [0.15, 0.2) is 0 Å². The lowest BCUT2D eigenvalue weighted by Crippen LogP contribution is -2.22. The molecule has 1 aliphatic heterocycles. The number of carboxylic acids is 1. The minimum atomic E-state index is -0.837. The highest BCUT2D eigenvalue weighted by Gasteiger charge is 2.34. The maximum absolute atomic E-state index is 11.9. The van der Waals surface area contributed by atoms with Crippen LogP contribution in [-0.4, -0.2) is 30.9 Å². The summed E-state index contributed by atoms with van der Waals surface area (Å²) in [6.07, 6.45) is 2.88. The molecule has 120 valence electrons. The van der Waals surface area contributed by atoms with Crippen molar-refractivity contribution in [2.45, 2.75) is 33.1 Å². The van der Waals surface area contributed by atoms with Crippen LogP contribution in [0.15, 0.2) is 5.57 Å². The van der Waals surface area contributed by atoms with Crippen molar-refractivity contribution >= 4 is 35.8 Å². The van der Waals surface area contributed by atoms with Gasteiger partial charge in [0.25, 0.3) is 0 Å². The van der Waals surface area contributed by atoms with Crippen molar-refractivity contribution in [2.24, 2.45) is 5.41 Å². The predicted molar refractivity (Wildman–Crippen MR) is 89.8 cm³/mol. The molecule has 0 bridgehead atoms. The summed E-state index contributed by atoms with van der Waals surface area (Å²) in [7, 11) is 0. The normalized spacial score (nSPS) is 20.3. The molecule has 2 heterocycles. The molecule has 1 aromatic rings. The summed E-state index contributed by atoms with van der Waals surface area (Å²) < 4.78 is 10.4. The summed E-state index contributed by atoms with van der Waals surface area (Å²) >= 11 is 5.43. The van der Waals surface area contributed by atoms with Crippen molar-refractivity contribution in [2.75, 3.05) is 19.8 Å². The number of aromatic carboxylic acids is 1. The highest BCUT2D eigenvalue weighted by atomic mass is 32.1. The average Bonchev–Trinajstić information content (AvgIpc) is 3.01. The quantitative estimate of drug-likeness (QED) is 0.649. The van der Waals surface area contributed by atoms with Gasteiger partial charge >= 0.3 is 5.97 Å². The standard InChI is InChI=1S/C16H20O4S2/c1-16(2)4-3-12-10(5-16)13(15(17)18)14(22-12)11-8-19-6-9(11)7-20-21/h21H,3-8H2,1-2H3,(H,17,18). The SMILES string of the molecule is CC1(C)CCc2sc(C3=C(COS)COC3)c(C(=O)O)c2C1. The molecule has 0 aromatic carbocycles. The van der Waals surface area contributed by atoms with Crippen LogP contribution in [0.25, 0.3) is 5.57 Å². The second-order valence-corrected chi connectivity index (χ2v) is 8.07. The van der Waals surface area contributed by atoms with E-state index in [9.17, 15) is 9.90 Å². The minimum absolute atomic E-state index is 0.160. The van der Waals surface area contributed by atoms with E-state index in [1.54, 1.807) is 11.3 Å². The summed E-state index contributed by atoms with van der Waals surface area (Å²) in [6.45, 7) is 5.72. The van der Waals surface area contributed by atoms with Gasteiger partial charge in [-0.25, -0.2) is 4.79 Å². The first-order valence-electron chi connectivity index (χ1n) is 7.36. The molecule has 1 aromatic heterocycles. The molecular weight excluding hydrogens is 320 g/mol. The average molecular weight is 340 g/mol. The van der Waals surface area contributed by atoms with Crippen LogP contribution >= 0.6 is 24.2 Å². The maximum Gasteiger partial charge on any atom is 0.337 e. The van der Waals surface area contributed by atoms with Gasteiger partial charge in [0.1, 0.15) is 0 Å². The third kappa shape index (κ3) is 2.85. The summed E-state index contributed by atoms with van der Waals surface area (Å²) in [5.74, 6) is -0.837. The minimum Gasteiger partial charge on any atom is -0.478 e. The number of carboxylic acid groups (broad SMARTS) is 1. The molecule has 22 heavy (non-hydrogen) atoms. The number of rotatable bonds is 4. The number of ether oxygens (including phenoxy) is 1. The first-order chi connectivity index (χ1) is 10.4. The van der Waals surface area contributed by atoms with Gasteiger partial charge in [-0.05, 0) is 54.3 Å². The summed E-state index contributed by atoms with van der Waals surface area (Å²) in [4.78, 5) is 14.0. The fourth-order valence-electron chi connectivity index (χ4n) is 3.26. The lowest BCUT2D eigenvalue weighted by molar-refractivity contribution is 0.0695. The van der Waals surface area contributed by atoms with E-state index in [2.05, 4.69) is 26.8 Å². The summed E-state index contributed by atoms with van der Waals surface area (Å²) in [6, 6.07) is 0. The van der Waals surface area contributed by atoms with Gasteiger partial charge in [-0.1, -0.05) is 13.8 Å². The van der Waals surface area contributed by atoms with Crippen LogP contribution in [0.1, 0.15) is 45.9 Å². The highest BCUT2D eigenvalue weighted by Crippen LogP contribution is 2.44. The van der Waals surface area contributed by atoms with E-state index >= 15 is 0 Å². The number of carbonyl (C=O) groups is 1. The molecule has 0 atom stereocenters. The largest absolute Gasteiger partial charge is 0.478 e. The maximum atomic E-state index is 11.9. The second kappa shape index (κ2) is 6.00. The Morgan fingerprint density at radius 2 is 2.23 bits per heavy atom. The number of fused-ring (bicyclic) bond motifs is 1. The molecule has 6 heteroatoms. The molecule has 1 aliphatic carbocycles. The van der Waals surface area contributed by atoms with Crippen molar-refractivity contribution in [3.8, 4) is 0 Å². The Labute approximate surface area is 139 Å². The molecule has 0 fully saturated rings. The Morgan fingerprint density at radius 3 is 2.91 bits per heavy atom.